The van der Waals surface area contributed by atoms with Crippen molar-refractivity contribution in [2.75, 3.05) is 49.8 Å². The maximum atomic E-state index is 5.62. The SMILES string of the molecule is COc1ccc([Si](OC)(OC)OC)c(CC[Si](OC)(OC)OC)c1. The first-order valence-corrected chi connectivity index (χ1v) is 11.1. The van der Waals surface area contributed by atoms with Crippen molar-refractivity contribution in [1.29, 1.82) is 0 Å². The number of benzene rings is 1. The van der Waals surface area contributed by atoms with E-state index < -0.39 is 17.6 Å². The fraction of sp³-hybridized carbons (Fsp3) is 0.600. The third-order valence-corrected chi connectivity index (χ3v) is 9.57. The maximum Gasteiger partial charge on any atom is 0.536 e. The van der Waals surface area contributed by atoms with Gasteiger partial charge in [-0.2, -0.15) is 0 Å². The summed E-state index contributed by atoms with van der Waals surface area (Å²) in [6.45, 7) is 0. The molecule has 0 unspecified atom stereocenters. The van der Waals surface area contributed by atoms with Crippen LogP contribution in [0.3, 0.4) is 0 Å². The van der Waals surface area contributed by atoms with Gasteiger partial charge in [0.1, 0.15) is 5.75 Å². The Labute approximate surface area is 146 Å². The van der Waals surface area contributed by atoms with Gasteiger partial charge in [0.15, 0.2) is 0 Å². The molecule has 1 rings (SSSR count). The Morgan fingerprint density at radius 2 is 1.29 bits per heavy atom. The lowest BCUT2D eigenvalue weighted by Gasteiger charge is -2.28. The van der Waals surface area contributed by atoms with Crippen LogP contribution in [0.5, 0.6) is 5.75 Å². The van der Waals surface area contributed by atoms with E-state index in [-0.39, 0.29) is 0 Å². The van der Waals surface area contributed by atoms with Crippen molar-refractivity contribution < 1.29 is 31.3 Å². The summed E-state index contributed by atoms with van der Waals surface area (Å²) < 4.78 is 38.7. The molecule has 0 amide bonds. The highest BCUT2D eigenvalue weighted by atomic mass is 28.4. The number of hydrogen-bond acceptors (Lipinski definition) is 7. The van der Waals surface area contributed by atoms with Crippen LogP contribution < -0.4 is 9.92 Å². The zero-order valence-corrected chi connectivity index (χ0v) is 17.5. The minimum absolute atomic E-state index is 0.609. The topological polar surface area (TPSA) is 64.6 Å². The number of ether oxygens (including phenoxy) is 1. The van der Waals surface area contributed by atoms with Gasteiger partial charge in [-0.15, -0.1) is 0 Å². The summed E-state index contributed by atoms with van der Waals surface area (Å²) in [5.41, 5.74) is 0.995. The second-order valence-corrected chi connectivity index (χ2v) is 11.0. The van der Waals surface area contributed by atoms with Crippen molar-refractivity contribution in [2.45, 2.75) is 12.5 Å². The largest absolute Gasteiger partial charge is 0.536 e. The molecule has 138 valence electrons. The monoisotopic (exact) mass is 376 g/mol. The predicted octanol–water partition coefficient (Wildman–Crippen LogP) is 1.20. The van der Waals surface area contributed by atoms with E-state index in [2.05, 4.69) is 0 Å². The first-order chi connectivity index (χ1) is 11.5. The zero-order valence-electron chi connectivity index (χ0n) is 15.5. The maximum absolute atomic E-state index is 5.62. The molecule has 0 fully saturated rings. The van der Waals surface area contributed by atoms with Gasteiger partial charge in [-0.3, -0.25) is 0 Å². The summed E-state index contributed by atoms with van der Waals surface area (Å²) in [7, 11) is 5.55. The number of rotatable bonds is 11. The van der Waals surface area contributed by atoms with Crippen LogP contribution in [0.15, 0.2) is 18.2 Å². The van der Waals surface area contributed by atoms with Gasteiger partial charge in [-0.25, -0.2) is 0 Å². The third-order valence-electron chi connectivity index (χ3n) is 4.08. The molecule has 1 aromatic rings. The number of methoxy groups -OCH3 is 1. The third kappa shape index (κ3) is 4.43. The highest BCUT2D eigenvalue weighted by Gasteiger charge is 2.44. The van der Waals surface area contributed by atoms with E-state index in [1.165, 1.54) is 0 Å². The first-order valence-electron chi connectivity index (χ1n) is 7.48. The molecule has 0 spiro atoms. The van der Waals surface area contributed by atoms with Gasteiger partial charge in [0, 0.05) is 53.9 Å². The van der Waals surface area contributed by atoms with E-state index in [0.29, 0.717) is 12.5 Å². The molecule has 0 aliphatic carbocycles. The average molecular weight is 377 g/mol. The lowest BCUT2D eigenvalue weighted by atomic mass is 10.1. The summed E-state index contributed by atoms with van der Waals surface area (Å²) in [6, 6.07) is 6.35. The van der Waals surface area contributed by atoms with E-state index in [9.17, 15) is 0 Å². The van der Waals surface area contributed by atoms with Gasteiger partial charge in [0.05, 0.1) is 7.11 Å². The summed E-state index contributed by atoms with van der Waals surface area (Å²) >= 11 is 0. The molecule has 0 saturated carbocycles. The predicted molar refractivity (Wildman–Crippen MR) is 94.7 cm³/mol. The van der Waals surface area contributed by atoms with E-state index in [4.69, 9.17) is 31.3 Å². The Morgan fingerprint density at radius 1 is 0.750 bits per heavy atom. The molecule has 1 aromatic carbocycles. The van der Waals surface area contributed by atoms with E-state index in [1.54, 1.807) is 49.8 Å². The van der Waals surface area contributed by atoms with Gasteiger partial charge in [-0.05, 0) is 24.1 Å². The second-order valence-electron chi connectivity index (χ2n) is 4.99. The highest BCUT2D eigenvalue weighted by Crippen LogP contribution is 2.21. The average Bonchev–Trinajstić information content (AvgIpc) is 2.65. The molecule has 9 heteroatoms. The summed E-state index contributed by atoms with van der Waals surface area (Å²) in [4.78, 5) is 0. The Hall–Kier alpha value is -0.786. The van der Waals surface area contributed by atoms with Gasteiger partial charge in [-0.1, -0.05) is 6.07 Å². The van der Waals surface area contributed by atoms with Crippen molar-refractivity contribution in [3.05, 3.63) is 23.8 Å². The van der Waals surface area contributed by atoms with Crippen molar-refractivity contribution in [3.8, 4) is 5.75 Å². The molecule has 0 heterocycles. The molecule has 0 aliphatic rings. The van der Waals surface area contributed by atoms with Crippen LogP contribution in [0, 0.1) is 0 Å². The molecule has 0 bridgehead atoms. The lowest BCUT2D eigenvalue weighted by Crippen LogP contribution is -2.56. The van der Waals surface area contributed by atoms with Crippen molar-refractivity contribution in [1.82, 2.24) is 0 Å². The van der Waals surface area contributed by atoms with Crippen molar-refractivity contribution in [2.24, 2.45) is 0 Å². The number of hydrogen-bond donors (Lipinski definition) is 0. The van der Waals surface area contributed by atoms with Gasteiger partial charge in [0.25, 0.3) is 0 Å². The van der Waals surface area contributed by atoms with Crippen molar-refractivity contribution in [3.63, 3.8) is 0 Å². The fourth-order valence-corrected chi connectivity index (χ4v) is 6.35. The molecule has 0 atom stereocenters. The van der Waals surface area contributed by atoms with Crippen LogP contribution in [0.2, 0.25) is 6.04 Å². The van der Waals surface area contributed by atoms with Gasteiger partial charge in [0.2, 0.25) is 0 Å². The van der Waals surface area contributed by atoms with Gasteiger partial charge >= 0.3 is 17.6 Å². The Bertz CT molecular complexity index is 488. The molecule has 0 aromatic heterocycles. The molecular formula is C15H28O7Si2. The fourth-order valence-electron chi connectivity index (χ4n) is 2.63. The highest BCUT2D eigenvalue weighted by molar-refractivity contribution is 6.75. The lowest BCUT2D eigenvalue weighted by molar-refractivity contribution is 0.123. The Morgan fingerprint density at radius 3 is 1.71 bits per heavy atom. The van der Waals surface area contributed by atoms with Crippen LogP contribution in [-0.4, -0.2) is 67.4 Å². The smallest absolute Gasteiger partial charge is 0.497 e. The molecule has 0 aliphatic heterocycles. The van der Waals surface area contributed by atoms with Crippen LogP contribution in [0.4, 0.5) is 0 Å². The Balaban J connectivity index is 3.24. The standard InChI is InChI=1S/C15H28O7Si2/c1-16-14-8-9-15(24(20-5,21-6)22-7)13(12-14)10-11-23(17-2,18-3)19-4/h8-9,12H,10-11H2,1-7H3. The number of aryl methyl sites for hydroxylation is 1. The molecule has 0 N–H and O–H groups in total. The zero-order chi connectivity index (χ0) is 18.2. The molecule has 0 radical (unpaired) electrons. The van der Waals surface area contributed by atoms with E-state index in [1.807, 2.05) is 18.2 Å². The Kier molecular flexibility index (Phi) is 8.53. The van der Waals surface area contributed by atoms with Gasteiger partial charge < -0.3 is 31.3 Å². The van der Waals surface area contributed by atoms with E-state index >= 15 is 0 Å². The minimum atomic E-state index is -2.96. The first kappa shape index (κ1) is 21.3. The molecular weight excluding hydrogens is 348 g/mol. The molecule has 0 saturated heterocycles. The van der Waals surface area contributed by atoms with Crippen LogP contribution >= 0.6 is 0 Å². The van der Waals surface area contributed by atoms with Crippen LogP contribution in [0.1, 0.15) is 5.56 Å². The summed E-state index contributed by atoms with van der Waals surface area (Å²) in [5.74, 6) is 0.750. The normalized spacial score (nSPS) is 12.5. The van der Waals surface area contributed by atoms with Crippen LogP contribution in [0.25, 0.3) is 0 Å². The van der Waals surface area contributed by atoms with E-state index in [0.717, 1.165) is 16.5 Å². The summed E-state index contributed by atoms with van der Waals surface area (Å²) in [5, 5.41) is 0.891. The quantitative estimate of drug-likeness (QED) is 0.538. The van der Waals surface area contributed by atoms with Crippen molar-refractivity contribution >= 4 is 22.8 Å². The van der Waals surface area contributed by atoms with Crippen LogP contribution in [-0.2, 0) is 33.0 Å². The minimum Gasteiger partial charge on any atom is -0.497 e. The molecule has 24 heavy (non-hydrogen) atoms. The second kappa shape index (κ2) is 9.63. The summed E-state index contributed by atoms with van der Waals surface area (Å²) in [6.07, 6.45) is 0.652. The molecule has 7 nitrogen and oxygen atoms in total.